The largest absolute Gasteiger partial charge is 0.412 e. The highest BCUT2D eigenvalue weighted by atomic mass is 16.0. The van der Waals surface area contributed by atoms with E-state index in [0.29, 0.717) is 0 Å². The van der Waals surface area contributed by atoms with Crippen LogP contribution < -0.4 is 0 Å². The molecular weight excluding hydrogens is 98.9 g/mol. The topological polar surface area (TPSA) is 31.5 Å². The summed E-state index contributed by atoms with van der Waals surface area (Å²) in [6.07, 6.45) is 0. The van der Waals surface area contributed by atoms with Crippen LogP contribution in [0.2, 0.25) is 0 Å². The third kappa shape index (κ3) is 3.44. The molecule has 0 saturated carbocycles. The van der Waals surface area contributed by atoms with Gasteiger partial charge in [0.05, 0.1) is 8.41 Å². The van der Waals surface area contributed by atoms with Gasteiger partial charge >= 0.3 is 0 Å². The SMILES string of the molecule is B.O.c1ccccc1. The summed E-state index contributed by atoms with van der Waals surface area (Å²) in [7, 11) is 0. The Kier molecular flexibility index (Phi) is 8.02. The zero-order chi connectivity index (χ0) is 4.24. The summed E-state index contributed by atoms with van der Waals surface area (Å²) in [6, 6.07) is 12.0. The maximum absolute atomic E-state index is 2.00. The van der Waals surface area contributed by atoms with E-state index in [-0.39, 0.29) is 13.9 Å². The highest BCUT2D eigenvalue weighted by molar-refractivity contribution is 5.75. The molecule has 2 heteroatoms. The molecule has 1 rings (SSSR count). The van der Waals surface area contributed by atoms with Gasteiger partial charge in [0.1, 0.15) is 0 Å². The molecule has 0 saturated heterocycles. The number of hydrogen-bond donors (Lipinski definition) is 0. The van der Waals surface area contributed by atoms with E-state index < -0.39 is 0 Å². The molecule has 0 bridgehead atoms. The highest BCUT2D eigenvalue weighted by Gasteiger charge is 1.57. The molecule has 1 aromatic rings. The van der Waals surface area contributed by atoms with E-state index in [2.05, 4.69) is 0 Å². The molecule has 0 fully saturated rings. The minimum absolute atomic E-state index is 0. The molecule has 0 amide bonds. The fraction of sp³-hybridized carbons (Fsp3) is 0. The predicted molar refractivity (Wildman–Crippen MR) is 40.0 cm³/mol. The van der Waals surface area contributed by atoms with Crippen LogP contribution in [-0.2, 0) is 0 Å². The van der Waals surface area contributed by atoms with E-state index in [1.54, 1.807) is 0 Å². The Hall–Kier alpha value is -0.755. The number of hydrogen-bond acceptors (Lipinski definition) is 0. The van der Waals surface area contributed by atoms with E-state index in [9.17, 15) is 0 Å². The van der Waals surface area contributed by atoms with Crippen LogP contribution in [0, 0.1) is 0 Å². The minimum Gasteiger partial charge on any atom is -0.412 e. The molecule has 8 heavy (non-hydrogen) atoms. The number of benzene rings is 1. The van der Waals surface area contributed by atoms with Crippen LogP contribution in [0.5, 0.6) is 0 Å². The first-order valence-corrected chi connectivity index (χ1v) is 2.00. The third-order valence-corrected chi connectivity index (χ3v) is 0.667. The molecule has 0 radical (unpaired) electrons. The van der Waals surface area contributed by atoms with Crippen molar-refractivity contribution < 1.29 is 5.48 Å². The first kappa shape index (κ1) is 10.3. The lowest BCUT2D eigenvalue weighted by Crippen LogP contribution is -1.47. The lowest BCUT2D eigenvalue weighted by molar-refractivity contribution is 0.824. The first-order chi connectivity index (χ1) is 3.00. The van der Waals surface area contributed by atoms with E-state index in [1.165, 1.54) is 0 Å². The van der Waals surface area contributed by atoms with Gasteiger partial charge in [-0.05, 0) is 0 Å². The second-order valence-electron chi connectivity index (χ2n) is 1.15. The summed E-state index contributed by atoms with van der Waals surface area (Å²) in [5.41, 5.74) is 0. The Morgan fingerprint density at radius 1 is 0.500 bits per heavy atom. The molecule has 0 heterocycles. The molecule has 0 aliphatic heterocycles. The van der Waals surface area contributed by atoms with Crippen LogP contribution in [0.15, 0.2) is 36.4 Å². The second kappa shape index (κ2) is 6.24. The summed E-state index contributed by atoms with van der Waals surface area (Å²) < 4.78 is 0. The van der Waals surface area contributed by atoms with Crippen LogP contribution in [0.4, 0.5) is 0 Å². The van der Waals surface area contributed by atoms with E-state index in [0.717, 1.165) is 0 Å². The molecule has 0 spiro atoms. The summed E-state index contributed by atoms with van der Waals surface area (Å²) in [6.45, 7) is 0. The van der Waals surface area contributed by atoms with Gasteiger partial charge in [-0.15, -0.1) is 0 Å². The number of rotatable bonds is 0. The molecule has 1 nitrogen and oxygen atoms in total. The molecule has 0 aliphatic rings. The van der Waals surface area contributed by atoms with Gasteiger partial charge in [-0.2, -0.15) is 0 Å². The Balaban J connectivity index is 0. The smallest absolute Gasteiger partial charge is 0.0814 e. The maximum Gasteiger partial charge on any atom is 0.0814 e. The first-order valence-electron chi connectivity index (χ1n) is 2.00. The molecule has 44 valence electrons. The van der Waals surface area contributed by atoms with E-state index >= 15 is 0 Å². The normalized spacial score (nSPS) is 6.00. The summed E-state index contributed by atoms with van der Waals surface area (Å²) in [5.74, 6) is 0. The van der Waals surface area contributed by atoms with Gasteiger partial charge in [0.15, 0.2) is 0 Å². The molecule has 0 aliphatic carbocycles. The van der Waals surface area contributed by atoms with Crippen LogP contribution >= 0.6 is 0 Å². The van der Waals surface area contributed by atoms with Crippen LogP contribution in [0.1, 0.15) is 0 Å². The van der Waals surface area contributed by atoms with Crippen molar-refractivity contribution in [2.45, 2.75) is 0 Å². The van der Waals surface area contributed by atoms with Gasteiger partial charge in [0, 0.05) is 0 Å². The monoisotopic (exact) mass is 110 g/mol. The van der Waals surface area contributed by atoms with Crippen molar-refractivity contribution in [1.29, 1.82) is 0 Å². The molecule has 0 atom stereocenters. The maximum atomic E-state index is 2.00. The predicted octanol–water partition coefficient (Wildman–Crippen LogP) is -0.322. The van der Waals surface area contributed by atoms with Crippen LogP contribution in [-0.4, -0.2) is 13.9 Å². The van der Waals surface area contributed by atoms with Gasteiger partial charge in [-0.1, -0.05) is 36.4 Å². The van der Waals surface area contributed by atoms with Gasteiger partial charge in [0.2, 0.25) is 0 Å². The minimum atomic E-state index is 0. The fourth-order valence-corrected chi connectivity index (χ4v) is 0.385. The van der Waals surface area contributed by atoms with Crippen LogP contribution in [0.25, 0.3) is 0 Å². The Morgan fingerprint density at radius 2 is 0.625 bits per heavy atom. The Morgan fingerprint density at radius 3 is 0.750 bits per heavy atom. The standard InChI is InChI=1S/C6H6.BH3.H2O/c1-2-4-6-5-3-1;;/h1-6H;1H3;1H2. The van der Waals surface area contributed by atoms with Crippen molar-refractivity contribution in [3.63, 3.8) is 0 Å². The van der Waals surface area contributed by atoms with Gasteiger partial charge in [0.25, 0.3) is 0 Å². The molecule has 0 unspecified atom stereocenters. The third-order valence-electron chi connectivity index (χ3n) is 0.667. The highest BCUT2D eigenvalue weighted by Crippen LogP contribution is 1.79. The zero-order valence-electron chi connectivity index (χ0n) is 3.96. The Labute approximate surface area is 51.2 Å². The van der Waals surface area contributed by atoms with Crippen molar-refractivity contribution in [2.24, 2.45) is 0 Å². The summed E-state index contributed by atoms with van der Waals surface area (Å²) in [5, 5.41) is 0. The molecule has 0 aromatic heterocycles. The van der Waals surface area contributed by atoms with E-state index in [4.69, 9.17) is 0 Å². The molecule has 2 N–H and O–H groups in total. The molecule has 1 aromatic carbocycles. The van der Waals surface area contributed by atoms with E-state index in [1.807, 2.05) is 36.4 Å². The zero-order valence-corrected chi connectivity index (χ0v) is 3.96. The van der Waals surface area contributed by atoms with Crippen LogP contribution in [0.3, 0.4) is 0 Å². The van der Waals surface area contributed by atoms with Gasteiger partial charge in [-0.3, -0.25) is 0 Å². The lowest BCUT2D eigenvalue weighted by Gasteiger charge is -1.69. The van der Waals surface area contributed by atoms with Crippen molar-refractivity contribution >= 4 is 8.41 Å². The quantitative estimate of drug-likeness (QED) is 0.410. The fourth-order valence-electron chi connectivity index (χ4n) is 0.385. The van der Waals surface area contributed by atoms with Crippen molar-refractivity contribution in [2.75, 3.05) is 0 Å². The lowest BCUT2D eigenvalue weighted by atomic mass is 10.4. The second-order valence-corrected chi connectivity index (χ2v) is 1.15. The summed E-state index contributed by atoms with van der Waals surface area (Å²) in [4.78, 5) is 0. The van der Waals surface area contributed by atoms with Crippen molar-refractivity contribution in [1.82, 2.24) is 0 Å². The average molecular weight is 110 g/mol. The summed E-state index contributed by atoms with van der Waals surface area (Å²) >= 11 is 0. The van der Waals surface area contributed by atoms with Crippen molar-refractivity contribution in [3.8, 4) is 0 Å². The molecular formula is C6H11BO. The van der Waals surface area contributed by atoms with Gasteiger partial charge < -0.3 is 5.48 Å². The van der Waals surface area contributed by atoms with Crippen molar-refractivity contribution in [3.05, 3.63) is 36.4 Å². The Bertz CT molecular complexity index is 80.5. The average Bonchev–Trinajstić information content (AvgIpc) is 1.72. The van der Waals surface area contributed by atoms with Gasteiger partial charge in [-0.25, -0.2) is 0 Å².